The number of carbonyl (C=O) groups excluding carboxylic acids is 1. The van der Waals surface area contributed by atoms with E-state index in [1.807, 2.05) is 0 Å². The molecule has 15 heteroatoms. The number of aromatic amines is 1. The fourth-order valence-corrected chi connectivity index (χ4v) is 4.39. The van der Waals surface area contributed by atoms with Gasteiger partial charge in [0, 0.05) is 18.7 Å². The molecule has 2 aromatic heterocycles. The van der Waals surface area contributed by atoms with E-state index >= 15 is 0 Å². The number of amides is 1. The monoisotopic (exact) mass is 550 g/mol. The molecule has 0 unspecified atom stereocenters. The molecule has 9 nitrogen and oxygen atoms in total. The van der Waals surface area contributed by atoms with E-state index in [4.69, 9.17) is 0 Å². The Morgan fingerprint density at radius 1 is 1.00 bits per heavy atom. The van der Waals surface area contributed by atoms with Crippen LogP contribution in [0.15, 0.2) is 48.5 Å². The van der Waals surface area contributed by atoms with E-state index in [1.165, 1.54) is 17.0 Å². The van der Waals surface area contributed by atoms with Gasteiger partial charge in [-0.15, -0.1) is 10.2 Å². The molecule has 4 aromatic rings. The van der Waals surface area contributed by atoms with Crippen LogP contribution < -0.4 is 10.2 Å². The first-order valence-electron chi connectivity index (χ1n) is 11.7. The molecule has 1 aliphatic heterocycles. The van der Waals surface area contributed by atoms with Crippen molar-refractivity contribution >= 4 is 11.7 Å². The van der Waals surface area contributed by atoms with Crippen LogP contribution in [0, 0.1) is 0 Å². The standard InChI is InChI=1S/C24H20F6N8O/c1-13(15-4-6-16(7-5-15)20-32-35-36-33-20)31-21(39)18-19(24(28,29)30)34-38-11-10-37(22(18)38)12-14-2-8-17(9-3-14)23(25,26)27/h2-9,13H,10-12H2,1H3,(H,31,39)(H,32,33,35,36)/t13-/m0/s1. The summed E-state index contributed by atoms with van der Waals surface area (Å²) in [6.45, 7) is 1.93. The Morgan fingerprint density at radius 2 is 1.69 bits per heavy atom. The highest BCUT2D eigenvalue weighted by atomic mass is 19.4. The molecule has 0 bridgehead atoms. The van der Waals surface area contributed by atoms with Crippen molar-refractivity contribution in [2.75, 3.05) is 11.4 Å². The molecule has 0 fully saturated rings. The molecule has 1 atom stereocenters. The molecule has 0 radical (unpaired) electrons. The summed E-state index contributed by atoms with van der Waals surface area (Å²) >= 11 is 0. The van der Waals surface area contributed by atoms with Crippen LogP contribution in [-0.2, 0) is 25.4 Å². The van der Waals surface area contributed by atoms with Crippen molar-refractivity contribution in [2.45, 2.75) is 38.4 Å². The van der Waals surface area contributed by atoms with Gasteiger partial charge in [-0.3, -0.25) is 4.79 Å². The van der Waals surface area contributed by atoms with Gasteiger partial charge in [-0.2, -0.15) is 36.7 Å². The molecule has 5 rings (SSSR count). The Labute approximate surface area is 216 Å². The normalized spacial score (nSPS) is 14.4. The number of benzene rings is 2. The molecule has 2 N–H and O–H groups in total. The number of anilines is 1. The first-order valence-corrected chi connectivity index (χ1v) is 11.7. The van der Waals surface area contributed by atoms with Crippen molar-refractivity contribution < 1.29 is 31.1 Å². The molecule has 204 valence electrons. The third kappa shape index (κ3) is 5.28. The first kappa shape index (κ1) is 26.2. The topological polar surface area (TPSA) is 105 Å². The number of hydrogen-bond acceptors (Lipinski definition) is 6. The molecule has 3 heterocycles. The molecule has 2 aromatic carbocycles. The van der Waals surface area contributed by atoms with Gasteiger partial charge in [0.2, 0.25) is 5.82 Å². The summed E-state index contributed by atoms with van der Waals surface area (Å²) in [6, 6.07) is 10.4. The summed E-state index contributed by atoms with van der Waals surface area (Å²) in [5.41, 5.74) is -1.09. The average molecular weight is 550 g/mol. The molecule has 39 heavy (non-hydrogen) atoms. The number of halogens is 6. The number of carbonyl (C=O) groups is 1. The van der Waals surface area contributed by atoms with Crippen molar-refractivity contribution in [1.29, 1.82) is 0 Å². The second-order valence-corrected chi connectivity index (χ2v) is 8.94. The molecule has 0 saturated heterocycles. The summed E-state index contributed by atoms with van der Waals surface area (Å²) in [6.07, 6.45) is -9.42. The molecule has 1 amide bonds. The Bertz CT molecular complexity index is 1460. The van der Waals surface area contributed by atoms with Gasteiger partial charge in [0.1, 0.15) is 11.4 Å². The lowest BCUT2D eigenvalue weighted by Gasteiger charge is -2.21. The lowest BCUT2D eigenvalue weighted by molar-refractivity contribution is -0.142. The maximum absolute atomic E-state index is 13.9. The minimum Gasteiger partial charge on any atom is -0.350 e. The number of rotatable bonds is 6. The molecule has 0 saturated carbocycles. The lowest BCUT2D eigenvalue weighted by Crippen LogP contribution is -2.31. The zero-order valence-corrected chi connectivity index (χ0v) is 20.2. The zero-order valence-electron chi connectivity index (χ0n) is 20.2. The van der Waals surface area contributed by atoms with Crippen LogP contribution in [0.4, 0.5) is 32.2 Å². The van der Waals surface area contributed by atoms with E-state index in [1.54, 1.807) is 31.2 Å². The van der Waals surface area contributed by atoms with Crippen LogP contribution in [0.1, 0.15) is 45.7 Å². The molecular formula is C24H20F6N8O. The number of alkyl halides is 6. The fourth-order valence-electron chi connectivity index (χ4n) is 4.39. The largest absolute Gasteiger partial charge is 0.436 e. The third-order valence-corrected chi connectivity index (χ3v) is 6.32. The van der Waals surface area contributed by atoms with Gasteiger partial charge in [-0.05, 0) is 35.4 Å². The minimum atomic E-state index is -4.90. The van der Waals surface area contributed by atoms with Crippen LogP contribution in [0.3, 0.4) is 0 Å². The molecular weight excluding hydrogens is 530 g/mol. The number of aromatic nitrogens is 6. The predicted octanol–water partition coefficient (Wildman–Crippen LogP) is 4.61. The van der Waals surface area contributed by atoms with E-state index in [-0.39, 0.29) is 25.5 Å². The number of nitrogens with one attached hydrogen (secondary N) is 2. The SMILES string of the molecule is C[C@H](NC(=O)c1c(C(F)(F)F)nn2c1N(Cc1ccc(C(F)(F)F)cc1)CC2)c1ccc(-c2nn[nH]n2)cc1. The second kappa shape index (κ2) is 9.71. The van der Waals surface area contributed by atoms with Crippen LogP contribution in [0.2, 0.25) is 0 Å². The Morgan fingerprint density at radius 3 is 2.28 bits per heavy atom. The summed E-state index contributed by atoms with van der Waals surface area (Å²) < 4.78 is 81.6. The van der Waals surface area contributed by atoms with Gasteiger partial charge in [-0.1, -0.05) is 36.4 Å². The summed E-state index contributed by atoms with van der Waals surface area (Å²) in [5, 5.41) is 19.8. The Kier molecular flexibility index (Phi) is 6.52. The van der Waals surface area contributed by atoms with Crippen molar-refractivity contribution in [1.82, 2.24) is 35.7 Å². The fraction of sp³-hybridized carbons (Fsp3) is 0.292. The van der Waals surface area contributed by atoms with E-state index in [2.05, 4.69) is 31.0 Å². The number of hydrogen-bond donors (Lipinski definition) is 2. The van der Waals surface area contributed by atoms with Crippen LogP contribution in [0.25, 0.3) is 11.4 Å². The van der Waals surface area contributed by atoms with Crippen molar-refractivity contribution in [3.8, 4) is 11.4 Å². The minimum absolute atomic E-state index is 0.00545. The van der Waals surface area contributed by atoms with Gasteiger partial charge in [0.05, 0.1) is 18.2 Å². The lowest BCUT2D eigenvalue weighted by atomic mass is 10.0. The quantitative estimate of drug-likeness (QED) is 0.340. The van der Waals surface area contributed by atoms with Gasteiger partial charge in [-0.25, -0.2) is 4.68 Å². The van der Waals surface area contributed by atoms with Gasteiger partial charge < -0.3 is 10.2 Å². The van der Waals surface area contributed by atoms with Crippen molar-refractivity contribution in [2.24, 2.45) is 0 Å². The van der Waals surface area contributed by atoms with Crippen LogP contribution >= 0.6 is 0 Å². The van der Waals surface area contributed by atoms with Crippen LogP contribution in [-0.4, -0.2) is 42.9 Å². The predicted molar refractivity (Wildman–Crippen MR) is 125 cm³/mol. The average Bonchev–Trinajstić information content (AvgIpc) is 3.62. The number of H-pyrrole nitrogens is 1. The smallest absolute Gasteiger partial charge is 0.350 e. The summed E-state index contributed by atoms with van der Waals surface area (Å²) in [5.74, 6) is -0.659. The van der Waals surface area contributed by atoms with Gasteiger partial charge >= 0.3 is 12.4 Å². The third-order valence-electron chi connectivity index (χ3n) is 6.32. The second-order valence-electron chi connectivity index (χ2n) is 8.94. The van der Waals surface area contributed by atoms with E-state index < -0.39 is 41.1 Å². The van der Waals surface area contributed by atoms with E-state index in [9.17, 15) is 31.1 Å². The Hall–Kier alpha value is -4.43. The summed E-state index contributed by atoms with van der Waals surface area (Å²) in [7, 11) is 0. The van der Waals surface area contributed by atoms with E-state index in [0.29, 0.717) is 22.5 Å². The number of nitrogens with zero attached hydrogens (tertiary/aromatic N) is 6. The van der Waals surface area contributed by atoms with Gasteiger partial charge in [0.25, 0.3) is 5.91 Å². The molecule has 0 spiro atoms. The zero-order chi connectivity index (χ0) is 27.9. The van der Waals surface area contributed by atoms with Crippen molar-refractivity contribution in [3.63, 3.8) is 0 Å². The highest BCUT2D eigenvalue weighted by Crippen LogP contribution is 2.39. The highest BCUT2D eigenvalue weighted by Gasteiger charge is 2.44. The van der Waals surface area contributed by atoms with E-state index in [0.717, 1.165) is 16.8 Å². The number of tetrazole rings is 1. The maximum Gasteiger partial charge on any atom is 0.436 e. The first-order chi connectivity index (χ1) is 18.4. The summed E-state index contributed by atoms with van der Waals surface area (Å²) in [4.78, 5) is 14.8. The van der Waals surface area contributed by atoms with Crippen LogP contribution in [0.5, 0.6) is 0 Å². The maximum atomic E-state index is 13.9. The van der Waals surface area contributed by atoms with Gasteiger partial charge in [0.15, 0.2) is 5.69 Å². The van der Waals surface area contributed by atoms with Crippen molar-refractivity contribution in [3.05, 3.63) is 76.5 Å². The molecule has 0 aliphatic carbocycles. The highest BCUT2D eigenvalue weighted by molar-refractivity contribution is 6.01. The Balaban J connectivity index is 1.40. The molecule has 1 aliphatic rings. The number of fused-ring (bicyclic) bond motifs is 1.